The average molecular weight is 330 g/mol. The van der Waals surface area contributed by atoms with Crippen molar-refractivity contribution in [3.63, 3.8) is 0 Å². The van der Waals surface area contributed by atoms with Crippen molar-refractivity contribution < 1.29 is 4.74 Å². The lowest BCUT2D eigenvalue weighted by Gasteiger charge is -2.08. The van der Waals surface area contributed by atoms with Crippen LogP contribution < -0.4 is 10.5 Å². The molecular weight excluding hydrogens is 318 g/mol. The van der Waals surface area contributed by atoms with Gasteiger partial charge >= 0.3 is 0 Å². The Morgan fingerprint density at radius 1 is 1.41 bits per heavy atom. The number of nitrogen functional groups attached to an aromatic ring is 1. The van der Waals surface area contributed by atoms with E-state index in [1.165, 1.54) is 5.56 Å². The topological polar surface area (TPSA) is 35.2 Å². The zero-order valence-corrected chi connectivity index (χ0v) is 12.5. The molecule has 0 atom stereocenters. The van der Waals surface area contributed by atoms with Gasteiger partial charge in [0, 0.05) is 22.4 Å². The second kappa shape index (κ2) is 5.80. The first-order valence-electron chi connectivity index (χ1n) is 4.98. The molecule has 2 aromatic rings. The van der Waals surface area contributed by atoms with E-state index in [0.29, 0.717) is 0 Å². The summed E-state index contributed by atoms with van der Waals surface area (Å²) in [5.74, 6) is 1.77. The fourth-order valence-corrected chi connectivity index (χ4v) is 3.64. The molecule has 0 aliphatic rings. The minimum Gasteiger partial charge on any atom is -0.496 e. The van der Waals surface area contributed by atoms with Gasteiger partial charge in [-0.2, -0.15) is 0 Å². The van der Waals surface area contributed by atoms with Crippen LogP contribution in [-0.4, -0.2) is 7.11 Å². The highest BCUT2D eigenvalue weighted by atomic mass is 79.9. The molecule has 0 spiro atoms. The Morgan fingerprint density at radius 3 is 2.88 bits per heavy atom. The standard InChI is InChI=1S/C12H12BrNOS2/c1-15-10-5-9(14)2-3-11(10)16-6-8-4-12(13)17-7-8/h2-5,7H,6,14H2,1H3. The van der Waals surface area contributed by atoms with Crippen LogP contribution in [0.25, 0.3) is 0 Å². The number of rotatable bonds is 4. The Balaban J connectivity index is 2.08. The van der Waals surface area contributed by atoms with Crippen molar-refractivity contribution in [3.05, 3.63) is 39.0 Å². The van der Waals surface area contributed by atoms with Crippen molar-refractivity contribution in [1.29, 1.82) is 0 Å². The quantitative estimate of drug-likeness (QED) is 0.667. The number of anilines is 1. The highest BCUT2D eigenvalue weighted by molar-refractivity contribution is 9.11. The van der Waals surface area contributed by atoms with Crippen molar-refractivity contribution in [1.82, 2.24) is 0 Å². The fourth-order valence-electron chi connectivity index (χ4n) is 1.39. The van der Waals surface area contributed by atoms with Crippen LogP contribution in [0.4, 0.5) is 5.69 Å². The van der Waals surface area contributed by atoms with Gasteiger partial charge in [-0.15, -0.1) is 23.1 Å². The predicted octanol–water partition coefficient (Wildman–Crippen LogP) is 4.39. The molecule has 2 N–H and O–H groups in total. The maximum Gasteiger partial charge on any atom is 0.134 e. The molecule has 2 rings (SSSR count). The van der Waals surface area contributed by atoms with Crippen LogP contribution >= 0.6 is 39.0 Å². The Hall–Kier alpha value is -0.650. The van der Waals surface area contributed by atoms with Crippen LogP contribution in [0.5, 0.6) is 5.75 Å². The third-order valence-electron chi connectivity index (χ3n) is 2.20. The van der Waals surface area contributed by atoms with Crippen molar-refractivity contribution in [2.24, 2.45) is 0 Å². The summed E-state index contributed by atoms with van der Waals surface area (Å²) in [4.78, 5) is 1.11. The van der Waals surface area contributed by atoms with Crippen molar-refractivity contribution in [3.8, 4) is 5.75 Å². The van der Waals surface area contributed by atoms with Crippen molar-refractivity contribution in [2.45, 2.75) is 10.6 Å². The molecule has 5 heteroatoms. The summed E-state index contributed by atoms with van der Waals surface area (Å²) in [6, 6.07) is 7.89. The Morgan fingerprint density at radius 2 is 2.24 bits per heavy atom. The number of thioether (sulfide) groups is 1. The zero-order chi connectivity index (χ0) is 12.3. The number of thiophene rings is 1. The first-order chi connectivity index (χ1) is 8.19. The predicted molar refractivity (Wildman–Crippen MR) is 79.0 cm³/mol. The van der Waals surface area contributed by atoms with Gasteiger partial charge in [-0.05, 0) is 45.1 Å². The molecule has 1 aromatic heterocycles. The summed E-state index contributed by atoms with van der Waals surface area (Å²) in [6.07, 6.45) is 0. The van der Waals surface area contributed by atoms with E-state index in [1.807, 2.05) is 18.2 Å². The lowest BCUT2D eigenvalue weighted by Crippen LogP contribution is -1.90. The van der Waals surface area contributed by atoms with E-state index in [1.54, 1.807) is 30.2 Å². The largest absolute Gasteiger partial charge is 0.496 e. The number of ether oxygens (including phenoxy) is 1. The van der Waals surface area contributed by atoms with Crippen LogP contribution in [0, 0.1) is 0 Å². The molecule has 0 aliphatic heterocycles. The highest BCUT2D eigenvalue weighted by Crippen LogP contribution is 2.34. The first-order valence-corrected chi connectivity index (χ1v) is 7.64. The molecule has 0 saturated heterocycles. The number of hydrogen-bond donors (Lipinski definition) is 1. The van der Waals surface area contributed by atoms with Gasteiger partial charge in [0.05, 0.1) is 10.9 Å². The van der Waals surface area contributed by atoms with Gasteiger partial charge in [0.25, 0.3) is 0 Å². The molecule has 1 heterocycles. The Labute approximate surface area is 117 Å². The van der Waals surface area contributed by atoms with E-state index in [4.69, 9.17) is 10.5 Å². The van der Waals surface area contributed by atoms with Gasteiger partial charge in [-0.1, -0.05) is 0 Å². The second-order valence-corrected chi connectivity index (χ2v) is 6.77. The summed E-state index contributed by atoms with van der Waals surface area (Å²) >= 11 is 6.92. The van der Waals surface area contributed by atoms with E-state index in [-0.39, 0.29) is 0 Å². The normalized spacial score (nSPS) is 10.5. The third kappa shape index (κ3) is 3.40. The summed E-state index contributed by atoms with van der Waals surface area (Å²) in [5.41, 5.74) is 7.76. The van der Waals surface area contributed by atoms with Crippen LogP contribution in [0.2, 0.25) is 0 Å². The van der Waals surface area contributed by atoms with Crippen LogP contribution in [0.3, 0.4) is 0 Å². The summed E-state index contributed by atoms with van der Waals surface area (Å²) in [5, 5.41) is 2.15. The Kier molecular flexibility index (Phi) is 4.36. The van der Waals surface area contributed by atoms with E-state index in [9.17, 15) is 0 Å². The first kappa shape index (κ1) is 12.8. The van der Waals surface area contributed by atoms with E-state index in [0.717, 1.165) is 25.9 Å². The molecule has 0 amide bonds. The molecule has 1 aromatic carbocycles. The summed E-state index contributed by atoms with van der Waals surface area (Å²) in [6.45, 7) is 0. The van der Waals surface area contributed by atoms with Crippen LogP contribution in [0.1, 0.15) is 5.56 Å². The lowest BCUT2D eigenvalue weighted by molar-refractivity contribution is 0.405. The zero-order valence-electron chi connectivity index (χ0n) is 9.27. The SMILES string of the molecule is COc1cc(N)ccc1SCc1csc(Br)c1. The molecule has 90 valence electrons. The molecule has 0 radical (unpaired) electrons. The number of nitrogens with two attached hydrogens (primary N) is 1. The number of halogens is 1. The molecule has 0 aliphatic carbocycles. The molecule has 0 saturated carbocycles. The van der Waals surface area contributed by atoms with Gasteiger partial charge in [0.1, 0.15) is 5.75 Å². The summed E-state index contributed by atoms with van der Waals surface area (Å²) in [7, 11) is 1.67. The number of benzene rings is 1. The van der Waals surface area contributed by atoms with Gasteiger partial charge in [-0.3, -0.25) is 0 Å². The maximum atomic E-state index is 5.72. The van der Waals surface area contributed by atoms with Gasteiger partial charge in [0.2, 0.25) is 0 Å². The van der Waals surface area contributed by atoms with E-state index in [2.05, 4.69) is 27.4 Å². The van der Waals surface area contributed by atoms with Crippen molar-refractivity contribution >= 4 is 44.7 Å². The fraction of sp³-hybridized carbons (Fsp3) is 0.167. The third-order valence-corrected chi connectivity index (χ3v) is 4.88. The van der Waals surface area contributed by atoms with Gasteiger partial charge in [0.15, 0.2) is 0 Å². The summed E-state index contributed by atoms with van der Waals surface area (Å²) < 4.78 is 6.48. The minimum absolute atomic E-state index is 0.726. The molecule has 0 bridgehead atoms. The van der Waals surface area contributed by atoms with E-state index >= 15 is 0 Å². The molecule has 0 unspecified atom stereocenters. The van der Waals surface area contributed by atoms with Crippen LogP contribution in [0.15, 0.2) is 38.3 Å². The second-order valence-electron chi connectivity index (χ2n) is 3.46. The number of methoxy groups -OCH3 is 1. The van der Waals surface area contributed by atoms with Crippen molar-refractivity contribution in [2.75, 3.05) is 12.8 Å². The molecule has 0 fully saturated rings. The Bertz CT molecular complexity index is 513. The van der Waals surface area contributed by atoms with E-state index < -0.39 is 0 Å². The molecule has 17 heavy (non-hydrogen) atoms. The average Bonchev–Trinajstić information content (AvgIpc) is 2.73. The lowest BCUT2D eigenvalue weighted by atomic mass is 10.3. The molecular formula is C12H12BrNOS2. The van der Waals surface area contributed by atoms with Gasteiger partial charge < -0.3 is 10.5 Å². The molecule has 2 nitrogen and oxygen atoms in total. The maximum absolute atomic E-state index is 5.72. The monoisotopic (exact) mass is 329 g/mol. The number of hydrogen-bond acceptors (Lipinski definition) is 4. The van der Waals surface area contributed by atoms with Gasteiger partial charge in [-0.25, -0.2) is 0 Å². The highest BCUT2D eigenvalue weighted by Gasteiger charge is 2.05. The van der Waals surface area contributed by atoms with Crippen LogP contribution in [-0.2, 0) is 5.75 Å². The smallest absolute Gasteiger partial charge is 0.134 e. The minimum atomic E-state index is 0.726.